The molecule has 4 aromatic rings. The van der Waals surface area contributed by atoms with Crippen LogP contribution in [0.15, 0.2) is 81.3 Å². The van der Waals surface area contributed by atoms with Crippen molar-refractivity contribution >= 4 is 20.6 Å². The number of hydrogen-bond donors (Lipinski definition) is 0. The number of sulfone groups is 1. The van der Waals surface area contributed by atoms with Crippen LogP contribution >= 0.6 is 0 Å². The van der Waals surface area contributed by atoms with Crippen molar-refractivity contribution in [3.05, 3.63) is 94.6 Å². The molecule has 4 rings (SSSR count). The molecule has 2 aromatic heterocycles. The smallest absolute Gasteiger partial charge is 0.227 e. The van der Waals surface area contributed by atoms with E-state index in [0.717, 1.165) is 23.1 Å². The third-order valence-electron chi connectivity index (χ3n) is 4.63. The number of fused-ring (bicyclic) bond motifs is 1. The highest BCUT2D eigenvalue weighted by molar-refractivity contribution is 7.90. The molecular weight excluding hydrogens is 409 g/mol. The van der Waals surface area contributed by atoms with Gasteiger partial charge in [0.05, 0.1) is 11.4 Å². The number of nitrogens with zero attached hydrogens (tertiary/aromatic N) is 1. The predicted molar refractivity (Wildman–Crippen MR) is 110 cm³/mol. The van der Waals surface area contributed by atoms with Gasteiger partial charge in [-0.1, -0.05) is 30.3 Å². The van der Waals surface area contributed by atoms with Gasteiger partial charge in [0.2, 0.25) is 11.2 Å². The quantitative estimate of drug-likeness (QED) is 0.468. The van der Waals surface area contributed by atoms with E-state index < -0.39 is 15.7 Å². The van der Waals surface area contributed by atoms with Gasteiger partial charge in [-0.05, 0) is 22.9 Å². The summed E-state index contributed by atoms with van der Waals surface area (Å²) < 4.78 is 49.9. The first-order valence-electron chi connectivity index (χ1n) is 9.07. The van der Waals surface area contributed by atoms with Gasteiger partial charge in [0, 0.05) is 30.3 Å². The zero-order valence-corrected chi connectivity index (χ0v) is 16.9. The van der Waals surface area contributed by atoms with Gasteiger partial charge in [0.1, 0.15) is 24.4 Å². The summed E-state index contributed by atoms with van der Waals surface area (Å²) >= 11 is 0. The lowest BCUT2D eigenvalue weighted by molar-refractivity contribution is 0.283. The molecule has 0 aliphatic carbocycles. The van der Waals surface area contributed by atoms with Crippen molar-refractivity contribution in [3.8, 4) is 5.75 Å². The van der Waals surface area contributed by atoms with E-state index in [2.05, 4.69) is 0 Å². The standard InChI is InChI=1S/C22H18FNO5S/c1-30(26,27)19-7-6-17(20(23)9-19)13-29-22-14-28-18(8-21(22)25)12-24-10-15-4-2-3-5-16(15)11-24/h2-11,14H,12-13H2,1H3. The van der Waals surface area contributed by atoms with E-state index in [-0.39, 0.29) is 28.2 Å². The van der Waals surface area contributed by atoms with Gasteiger partial charge in [-0.3, -0.25) is 4.79 Å². The van der Waals surface area contributed by atoms with Crippen LogP contribution in [0.5, 0.6) is 5.75 Å². The van der Waals surface area contributed by atoms with Crippen molar-refractivity contribution in [2.24, 2.45) is 0 Å². The van der Waals surface area contributed by atoms with E-state index in [1.807, 2.05) is 41.2 Å². The number of aromatic nitrogens is 1. The highest BCUT2D eigenvalue weighted by Gasteiger charge is 2.13. The van der Waals surface area contributed by atoms with Crippen LogP contribution in [0, 0.1) is 5.82 Å². The maximum absolute atomic E-state index is 14.1. The fraction of sp³-hybridized carbons (Fsp3) is 0.136. The molecule has 6 nitrogen and oxygen atoms in total. The first-order valence-corrected chi connectivity index (χ1v) is 11.0. The molecule has 0 saturated carbocycles. The van der Waals surface area contributed by atoms with Crippen molar-refractivity contribution in [1.29, 1.82) is 0 Å². The highest BCUT2D eigenvalue weighted by atomic mass is 32.2. The van der Waals surface area contributed by atoms with E-state index in [1.165, 1.54) is 24.5 Å². The van der Waals surface area contributed by atoms with Crippen molar-refractivity contribution in [1.82, 2.24) is 4.57 Å². The summed E-state index contributed by atoms with van der Waals surface area (Å²) in [6.07, 6.45) is 6.12. The Morgan fingerprint density at radius 1 is 1.07 bits per heavy atom. The Hall–Kier alpha value is -3.39. The lowest BCUT2D eigenvalue weighted by Crippen LogP contribution is -2.10. The summed E-state index contributed by atoms with van der Waals surface area (Å²) in [6.45, 7) is 0.148. The number of rotatable bonds is 6. The van der Waals surface area contributed by atoms with E-state index in [4.69, 9.17) is 9.15 Å². The number of halogens is 1. The molecule has 154 valence electrons. The van der Waals surface area contributed by atoms with Crippen LogP contribution in [-0.4, -0.2) is 19.2 Å². The minimum atomic E-state index is -3.50. The second-order valence-electron chi connectivity index (χ2n) is 6.95. The molecule has 0 aliphatic heterocycles. The van der Waals surface area contributed by atoms with Crippen LogP contribution in [-0.2, 0) is 23.0 Å². The maximum Gasteiger partial charge on any atom is 0.227 e. The largest absolute Gasteiger partial charge is 0.482 e. The summed E-state index contributed by atoms with van der Waals surface area (Å²) in [4.78, 5) is 12.2. The van der Waals surface area contributed by atoms with Gasteiger partial charge >= 0.3 is 0 Å². The van der Waals surface area contributed by atoms with Gasteiger partial charge in [-0.15, -0.1) is 0 Å². The molecule has 0 fully saturated rings. The van der Waals surface area contributed by atoms with Gasteiger partial charge in [-0.2, -0.15) is 0 Å². The molecule has 0 amide bonds. The van der Waals surface area contributed by atoms with Gasteiger partial charge in [-0.25, -0.2) is 12.8 Å². The Morgan fingerprint density at radius 3 is 2.37 bits per heavy atom. The van der Waals surface area contributed by atoms with Crippen LogP contribution in [0.3, 0.4) is 0 Å². The second kappa shape index (κ2) is 7.79. The molecule has 0 bridgehead atoms. The molecule has 2 heterocycles. The van der Waals surface area contributed by atoms with Crippen LogP contribution in [0.2, 0.25) is 0 Å². The minimum Gasteiger partial charge on any atom is -0.482 e. The molecule has 2 aromatic carbocycles. The number of ether oxygens (including phenoxy) is 1. The Labute approximate surface area is 172 Å². The summed E-state index contributed by atoms with van der Waals surface area (Å²) in [7, 11) is -3.50. The zero-order valence-electron chi connectivity index (χ0n) is 16.0. The molecule has 0 atom stereocenters. The number of hydrogen-bond acceptors (Lipinski definition) is 5. The van der Waals surface area contributed by atoms with Gasteiger partial charge in [0.25, 0.3) is 0 Å². The second-order valence-corrected chi connectivity index (χ2v) is 8.96. The fourth-order valence-electron chi connectivity index (χ4n) is 3.07. The Morgan fingerprint density at radius 2 is 1.77 bits per heavy atom. The third kappa shape index (κ3) is 4.28. The monoisotopic (exact) mass is 427 g/mol. The Kier molecular flexibility index (Phi) is 5.17. The SMILES string of the molecule is CS(=O)(=O)c1ccc(COc2coc(Cn3cc4ccccc4c3)cc2=O)c(F)c1. The molecule has 0 radical (unpaired) electrons. The molecule has 30 heavy (non-hydrogen) atoms. The van der Waals surface area contributed by atoms with Crippen molar-refractivity contribution in [2.45, 2.75) is 18.0 Å². The maximum atomic E-state index is 14.1. The Bertz CT molecular complexity index is 1360. The van der Waals surface area contributed by atoms with Gasteiger partial charge < -0.3 is 13.7 Å². The topological polar surface area (TPSA) is 78.5 Å². The van der Waals surface area contributed by atoms with Gasteiger partial charge in [0.15, 0.2) is 9.84 Å². The van der Waals surface area contributed by atoms with Crippen LogP contribution in [0.25, 0.3) is 10.8 Å². The van der Waals surface area contributed by atoms with E-state index in [9.17, 15) is 17.6 Å². The Balaban J connectivity index is 1.46. The molecule has 0 unspecified atom stereocenters. The van der Waals surface area contributed by atoms with E-state index in [1.54, 1.807) is 0 Å². The van der Waals surface area contributed by atoms with Crippen LogP contribution in [0.1, 0.15) is 11.3 Å². The molecule has 0 aliphatic rings. The summed E-state index contributed by atoms with van der Waals surface area (Å²) in [6, 6.07) is 12.8. The summed E-state index contributed by atoms with van der Waals surface area (Å²) in [5.41, 5.74) is -0.258. The molecule has 0 spiro atoms. The first kappa shape index (κ1) is 19.9. The lowest BCUT2D eigenvalue weighted by atomic mass is 10.2. The summed E-state index contributed by atoms with van der Waals surface area (Å²) in [5.74, 6) is -0.321. The third-order valence-corrected chi connectivity index (χ3v) is 5.74. The molecule has 0 saturated heterocycles. The van der Waals surface area contributed by atoms with Crippen molar-refractivity contribution < 1.29 is 22.0 Å². The molecule has 0 N–H and O–H groups in total. The number of benzene rings is 2. The lowest BCUT2D eigenvalue weighted by Gasteiger charge is -2.08. The minimum absolute atomic E-state index is 0.0528. The van der Waals surface area contributed by atoms with E-state index >= 15 is 0 Å². The van der Waals surface area contributed by atoms with E-state index in [0.29, 0.717) is 12.3 Å². The normalized spacial score (nSPS) is 11.7. The molecular formula is C22H18FNO5S. The van der Waals surface area contributed by atoms with Crippen molar-refractivity contribution in [2.75, 3.05) is 6.26 Å². The summed E-state index contributed by atoms with van der Waals surface area (Å²) in [5, 5.41) is 2.17. The predicted octanol–water partition coefficient (Wildman–Crippen LogP) is 3.76. The highest BCUT2D eigenvalue weighted by Crippen LogP contribution is 2.18. The van der Waals surface area contributed by atoms with Crippen LogP contribution < -0.4 is 10.2 Å². The zero-order chi connectivity index (χ0) is 21.3. The average molecular weight is 427 g/mol. The average Bonchev–Trinajstić information content (AvgIpc) is 3.09. The van der Waals surface area contributed by atoms with Crippen LogP contribution in [0.4, 0.5) is 4.39 Å². The fourth-order valence-corrected chi connectivity index (χ4v) is 3.70. The van der Waals surface area contributed by atoms with Crippen molar-refractivity contribution in [3.63, 3.8) is 0 Å². The molecule has 8 heteroatoms. The first-order chi connectivity index (χ1) is 14.3.